The molecular formula is C34H16N2. The lowest BCUT2D eigenvalue weighted by Crippen LogP contribution is -1.92. The van der Waals surface area contributed by atoms with Crippen molar-refractivity contribution in [2.24, 2.45) is 0 Å². The summed E-state index contributed by atoms with van der Waals surface area (Å²) in [6.45, 7) is 7.83. The lowest BCUT2D eigenvalue weighted by Gasteiger charge is -2.15. The maximum Gasteiger partial charge on any atom is 0.196 e. The molecule has 2 heteroatoms. The zero-order chi connectivity index (χ0) is 24.5. The second-order valence-corrected chi connectivity index (χ2v) is 8.44. The van der Waals surface area contributed by atoms with Gasteiger partial charge in [-0.3, -0.25) is 0 Å². The topological polar surface area (TPSA) is 28.1 Å². The van der Waals surface area contributed by atoms with Crippen molar-refractivity contribution in [2.45, 2.75) is 0 Å². The summed E-state index contributed by atoms with van der Waals surface area (Å²) in [5.74, 6) is 13.0. The van der Waals surface area contributed by atoms with Gasteiger partial charge < -0.3 is 0 Å². The highest BCUT2D eigenvalue weighted by Gasteiger charge is 2.17. The first-order chi connectivity index (χ1) is 17.8. The summed E-state index contributed by atoms with van der Waals surface area (Å²) in [4.78, 5) is 3.82. The third kappa shape index (κ3) is 3.49. The molecule has 0 saturated heterocycles. The van der Waals surface area contributed by atoms with E-state index in [-0.39, 0.29) is 0 Å². The average molecular weight is 453 g/mol. The van der Waals surface area contributed by atoms with E-state index in [9.17, 15) is 5.26 Å². The summed E-state index contributed by atoms with van der Waals surface area (Å²) >= 11 is 0. The first-order valence-corrected chi connectivity index (χ1v) is 11.5. The third-order valence-electron chi connectivity index (χ3n) is 6.35. The van der Waals surface area contributed by atoms with Gasteiger partial charge in [0.05, 0.1) is 18.2 Å². The van der Waals surface area contributed by atoms with E-state index in [2.05, 4.69) is 46.7 Å². The predicted molar refractivity (Wildman–Crippen MR) is 146 cm³/mol. The van der Waals surface area contributed by atoms with Crippen LogP contribution in [0.1, 0.15) is 27.8 Å². The molecule has 0 spiro atoms. The zero-order valence-corrected chi connectivity index (χ0v) is 19.1. The van der Waals surface area contributed by atoms with Gasteiger partial charge in [0.2, 0.25) is 0 Å². The van der Waals surface area contributed by atoms with Crippen molar-refractivity contribution in [3.05, 3.63) is 136 Å². The molecular weight excluding hydrogens is 436 g/mol. The van der Waals surface area contributed by atoms with E-state index in [1.807, 2.05) is 84.9 Å². The Morgan fingerprint density at radius 1 is 0.528 bits per heavy atom. The Morgan fingerprint density at radius 3 is 1.53 bits per heavy atom. The van der Waals surface area contributed by atoms with Crippen LogP contribution in [0.4, 0.5) is 5.69 Å². The smallest absolute Gasteiger partial charge is 0.196 e. The number of hydrogen-bond donors (Lipinski definition) is 0. The first-order valence-electron chi connectivity index (χ1n) is 11.5. The Hall–Kier alpha value is -5.54. The van der Waals surface area contributed by atoms with Crippen molar-refractivity contribution in [3.63, 3.8) is 0 Å². The molecule has 0 fully saturated rings. The summed E-state index contributed by atoms with van der Waals surface area (Å²) in [6.07, 6.45) is 0. The zero-order valence-electron chi connectivity index (χ0n) is 19.1. The van der Waals surface area contributed by atoms with E-state index < -0.39 is 0 Å². The number of benzene rings is 6. The second-order valence-electron chi connectivity index (χ2n) is 8.44. The second kappa shape index (κ2) is 8.67. The third-order valence-corrected chi connectivity index (χ3v) is 6.35. The van der Waals surface area contributed by atoms with E-state index in [1.165, 1.54) is 0 Å². The molecule has 6 rings (SSSR count). The number of nitriles is 1. The number of nitrogens with zero attached hydrogens (tertiary/aromatic N) is 2. The lowest BCUT2D eigenvalue weighted by molar-refractivity contribution is 1.50. The molecule has 0 saturated carbocycles. The molecule has 162 valence electrons. The Balaban J connectivity index is 1.69. The highest BCUT2D eigenvalue weighted by atomic mass is 14.6. The van der Waals surface area contributed by atoms with Gasteiger partial charge in [-0.2, -0.15) is 5.26 Å². The Kier molecular flexibility index (Phi) is 5.06. The van der Waals surface area contributed by atoms with Gasteiger partial charge in [0.1, 0.15) is 0 Å². The normalized spacial score (nSPS) is 10.3. The fourth-order valence-corrected chi connectivity index (χ4v) is 4.69. The van der Waals surface area contributed by atoms with Crippen LogP contribution in [0.5, 0.6) is 0 Å². The minimum Gasteiger partial charge on any atom is -0.237 e. The molecule has 6 aromatic carbocycles. The molecule has 0 amide bonds. The van der Waals surface area contributed by atoms with Crippen molar-refractivity contribution in [1.82, 2.24) is 0 Å². The highest BCUT2D eigenvalue weighted by molar-refractivity contribution is 6.28. The molecule has 0 unspecified atom stereocenters. The molecule has 0 bridgehead atoms. The minimum absolute atomic E-state index is 0.550. The van der Waals surface area contributed by atoms with Crippen molar-refractivity contribution in [2.75, 3.05) is 0 Å². The Labute approximate surface area is 209 Å². The summed E-state index contributed by atoms with van der Waals surface area (Å²) in [7, 11) is 0. The van der Waals surface area contributed by atoms with Crippen LogP contribution in [0.3, 0.4) is 0 Å². The van der Waals surface area contributed by atoms with Crippen LogP contribution in [0.15, 0.2) is 97.1 Å². The van der Waals surface area contributed by atoms with Crippen molar-refractivity contribution >= 4 is 38.0 Å². The van der Waals surface area contributed by atoms with Crippen LogP contribution in [-0.2, 0) is 0 Å². The van der Waals surface area contributed by atoms with Crippen molar-refractivity contribution in [1.29, 1.82) is 5.26 Å². The fourth-order valence-electron chi connectivity index (χ4n) is 4.69. The molecule has 0 aliphatic heterocycles. The van der Waals surface area contributed by atoms with Crippen molar-refractivity contribution in [3.8, 4) is 29.8 Å². The van der Waals surface area contributed by atoms with Crippen LogP contribution >= 0.6 is 0 Å². The summed E-state index contributed by atoms with van der Waals surface area (Å²) in [6, 6.07) is 33.7. The minimum atomic E-state index is 0.550. The van der Waals surface area contributed by atoms with E-state index in [1.54, 1.807) is 0 Å². The maximum atomic E-state index is 9.97. The molecule has 6 aromatic rings. The Morgan fingerprint density at radius 2 is 1.00 bits per heavy atom. The first kappa shape index (κ1) is 21.0. The van der Waals surface area contributed by atoms with E-state index in [4.69, 9.17) is 6.57 Å². The van der Waals surface area contributed by atoms with E-state index >= 15 is 0 Å². The van der Waals surface area contributed by atoms with Gasteiger partial charge in [0, 0.05) is 27.6 Å². The fraction of sp³-hybridized carbons (Fsp3) is 0. The summed E-state index contributed by atoms with van der Waals surface area (Å²) in [5, 5.41) is 15.5. The standard InChI is InChI=1S/C34H16N2/c1-36-32-21-26(15-13-24-10-6-3-7-11-24)29-17-16-28-25(14-12-23-8-4-2-5-9-23)20-27(22-35)30-18-19-31(32)34(29)33(28)30/h2-11,16-21H. The molecule has 0 radical (unpaired) electrons. The van der Waals surface area contributed by atoms with Gasteiger partial charge in [0.25, 0.3) is 0 Å². The molecule has 0 heterocycles. The average Bonchev–Trinajstić information content (AvgIpc) is 2.94. The Bertz CT molecular complexity index is 1850. The summed E-state index contributed by atoms with van der Waals surface area (Å²) < 4.78 is 0. The molecule has 0 aliphatic carbocycles. The summed E-state index contributed by atoms with van der Waals surface area (Å²) in [5.41, 5.74) is 4.54. The predicted octanol–water partition coefficient (Wildman–Crippen LogP) is 7.81. The maximum absolute atomic E-state index is 9.97. The van der Waals surface area contributed by atoms with Gasteiger partial charge in [-0.25, -0.2) is 4.85 Å². The monoisotopic (exact) mass is 452 g/mol. The molecule has 2 nitrogen and oxygen atoms in total. The number of rotatable bonds is 0. The molecule has 0 aliphatic rings. The molecule has 0 aromatic heterocycles. The van der Waals surface area contributed by atoms with Crippen LogP contribution in [0, 0.1) is 41.6 Å². The highest BCUT2D eigenvalue weighted by Crippen LogP contribution is 2.42. The lowest BCUT2D eigenvalue weighted by atomic mass is 9.87. The van der Waals surface area contributed by atoms with Crippen LogP contribution in [0.2, 0.25) is 0 Å². The van der Waals surface area contributed by atoms with Crippen molar-refractivity contribution < 1.29 is 0 Å². The van der Waals surface area contributed by atoms with Crippen LogP contribution in [-0.4, -0.2) is 0 Å². The molecule has 36 heavy (non-hydrogen) atoms. The SMILES string of the molecule is [C-]#[N+]c1cc(C#Cc2ccccc2)c2ccc3c(C#Cc4ccccc4)cc(C#N)c4ccc1c2c34. The van der Waals surface area contributed by atoms with Gasteiger partial charge in [-0.05, 0) is 63.3 Å². The van der Waals surface area contributed by atoms with Gasteiger partial charge in [0.15, 0.2) is 5.69 Å². The largest absolute Gasteiger partial charge is 0.237 e. The van der Waals surface area contributed by atoms with Crippen LogP contribution in [0.25, 0.3) is 37.2 Å². The quantitative estimate of drug-likeness (QED) is 0.131. The van der Waals surface area contributed by atoms with E-state index in [0.29, 0.717) is 11.3 Å². The molecule has 0 N–H and O–H groups in total. The van der Waals surface area contributed by atoms with Gasteiger partial charge in [-0.1, -0.05) is 84.3 Å². The van der Waals surface area contributed by atoms with Crippen LogP contribution < -0.4 is 0 Å². The van der Waals surface area contributed by atoms with Gasteiger partial charge >= 0.3 is 0 Å². The van der Waals surface area contributed by atoms with Gasteiger partial charge in [-0.15, -0.1) is 0 Å². The molecule has 0 atom stereocenters. The van der Waals surface area contributed by atoms with E-state index in [0.717, 1.165) is 54.6 Å². The number of hydrogen-bond acceptors (Lipinski definition) is 1.